The van der Waals surface area contributed by atoms with Gasteiger partial charge in [-0.3, -0.25) is 4.72 Å². The SMILES string of the molecule is CCN(CC)c1ccc(NS(=O)(=O)c2cc(C)ccc2C)cc1C(=O)O. The van der Waals surface area contributed by atoms with Gasteiger partial charge in [-0.15, -0.1) is 0 Å². The van der Waals surface area contributed by atoms with Crippen LogP contribution < -0.4 is 9.62 Å². The van der Waals surface area contributed by atoms with Crippen LogP contribution >= 0.6 is 0 Å². The number of aromatic carboxylic acids is 1. The van der Waals surface area contributed by atoms with E-state index in [0.29, 0.717) is 24.3 Å². The molecule has 0 aliphatic rings. The Bertz CT molecular complexity index is 919. The maximum absolute atomic E-state index is 12.7. The van der Waals surface area contributed by atoms with Crippen molar-refractivity contribution < 1.29 is 18.3 Å². The van der Waals surface area contributed by atoms with Crippen LogP contribution in [0.3, 0.4) is 0 Å². The Hall–Kier alpha value is -2.54. The molecule has 26 heavy (non-hydrogen) atoms. The van der Waals surface area contributed by atoms with Crippen molar-refractivity contribution in [3.8, 4) is 0 Å². The minimum Gasteiger partial charge on any atom is -0.478 e. The molecule has 6 nitrogen and oxygen atoms in total. The van der Waals surface area contributed by atoms with Gasteiger partial charge in [0.05, 0.1) is 16.1 Å². The molecule has 2 aromatic rings. The number of carboxylic acids is 1. The molecule has 0 heterocycles. The van der Waals surface area contributed by atoms with Crippen LogP contribution in [-0.2, 0) is 10.0 Å². The number of aryl methyl sites for hydroxylation is 2. The van der Waals surface area contributed by atoms with Crippen LogP contribution in [0.1, 0.15) is 35.3 Å². The molecule has 2 aromatic carbocycles. The molecule has 2 rings (SSSR count). The fourth-order valence-corrected chi connectivity index (χ4v) is 4.20. The average molecular weight is 376 g/mol. The normalized spacial score (nSPS) is 11.2. The quantitative estimate of drug-likeness (QED) is 0.770. The van der Waals surface area contributed by atoms with Crippen molar-refractivity contribution in [3.05, 3.63) is 53.1 Å². The van der Waals surface area contributed by atoms with E-state index in [-0.39, 0.29) is 16.1 Å². The highest BCUT2D eigenvalue weighted by molar-refractivity contribution is 7.92. The lowest BCUT2D eigenvalue weighted by Crippen LogP contribution is -2.24. The summed E-state index contributed by atoms with van der Waals surface area (Å²) in [5.74, 6) is -1.10. The molecular weight excluding hydrogens is 352 g/mol. The number of carbonyl (C=O) groups is 1. The Balaban J connectivity index is 2.45. The number of hydrogen-bond acceptors (Lipinski definition) is 4. The molecule has 0 amide bonds. The standard InChI is InChI=1S/C19H24N2O4S/c1-5-21(6-2)17-10-9-15(12-16(17)19(22)23)20-26(24,25)18-11-13(3)7-8-14(18)4/h7-12,20H,5-6H2,1-4H3,(H,22,23). The third kappa shape index (κ3) is 4.16. The average Bonchev–Trinajstić information content (AvgIpc) is 2.58. The molecule has 0 saturated carbocycles. The summed E-state index contributed by atoms with van der Waals surface area (Å²) < 4.78 is 27.9. The molecule has 0 spiro atoms. The van der Waals surface area contributed by atoms with Crippen molar-refractivity contribution in [2.45, 2.75) is 32.6 Å². The molecule has 140 valence electrons. The summed E-state index contributed by atoms with van der Waals surface area (Å²) in [7, 11) is -3.81. The number of rotatable bonds is 7. The van der Waals surface area contributed by atoms with Crippen molar-refractivity contribution in [2.24, 2.45) is 0 Å². The van der Waals surface area contributed by atoms with E-state index in [1.54, 1.807) is 31.2 Å². The fraction of sp³-hybridized carbons (Fsp3) is 0.316. The minimum absolute atomic E-state index is 0.0647. The summed E-state index contributed by atoms with van der Waals surface area (Å²) >= 11 is 0. The molecule has 0 unspecified atom stereocenters. The van der Waals surface area contributed by atoms with E-state index in [9.17, 15) is 18.3 Å². The van der Waals surface area contributed by atoms with Crippen molar-refractivity contribution >= 4 is 27.4 Å². The van der Waals surface area contributed by atoms with Crippen molar-refractivity contribution in [2.75, 3.05) is 22.7 Å². The van der Waals surface area contributed by atoms with E-state index < -0.39 is 16.0 Å². The number of nitrogens with zero attached hydrogens (tertiary/aromatic N) is 1. The minimum atomic E-state index is -3.81. The second-order valence-electron chi connectivity index (χ2n) is 6.08. The van der Waals surface area contributed by atoms with Gasteiger partial charge in [0.2, 0.25) is 0 Å². The number of anilines is 2. The molecule has 2 N–H and O–H groups in total. The first-order valence-electron chi connectivity index (χ1n) is 8.42. The van der Waals surface area contributed by atoms with Crippen LogP contribution in [-0.4, -0.2) is 32.6 Å². The number of sulfonamides is 1. The largest absolute Gasteiger partial charge is 0.478 e. The van der Waals surface area contributed by atoms with E-state index in [0.717, 1.165) is 5.56 Å². The molecule has 7 heteroatoms. The van der Waals surface area contributed by atoms with Gasteiger partial charge in [-0.05, 0) is 63.1 Å². The van der Waals surface area contributed by atoms with E-state index in [2.05, 4.69) is 4.72 Å². The third-order valence-electron chi connectivity index (χ3n) is 4.22. The smallest absolute Gasteiger partial charge is 0.337 e. The van der Waals surface area contributed by atoms with E-state index in [1.807, 2.05) is 31.7 Å². The van der Waals surface area contributed by atoms with Crippen molar-refractivity contribution in [1.29, 1.82) is 0 Å². The van der Waals surface area contributed by atoms with Gasteiger partial charge < -0.3 is 10.0 Å². The molecular formula is C19H24N2O4S. The van der Waals surface area contributed by atoms with E-state index in [4.69, 9.17) is 0 Å². The summed E-state index contributed by atoms with van der Waals surface area (Å²) in [6, 6.07) is 9.77. The highest BCUT2D eigenvalue weighted by Crippen LogP contribution is 2.27. The molecule has 0 radical (unpaired) electrons. The maximum Gasteiger partial charge on any atom is 0.337 e. The monoisotopic (exact) mass is 376 g/mol. The number of nitrogens with one attached hydrogen (secondary N) is 1. The zero-order valence-corrected chi connectivity index (χ0v) is 16.2. The number of hydrogen-bond donors (Lipinski definition) is 2. The lowest BCUT2D eigenvalue weighted by molar-refractivity contribution is 0.0697. The Morgan fingerprint density at radius 2 is 1.73 bits per heavy atom. The molecule has 0 bridgehead atoms. The first-order chi connectivity index (χ1) is 12.2. The molecule has 0 aliphatic carbocycles. The summed E-state index contributed by atoms with van der Waals surface area (Å²) in [4.78, 5) is 13.7. The van der Waals surface area contributed by atoms with Gasteiger partial charge in [-0.25, -0.2) is 13.2 Å². The van der Waals surface area contributed by atoms with Gasteiger partial charge in [0.25, 0.3) is 10.0 Å². The van der Waals surface area contributed by atoms with Crippen molar-refractivity contribution in [1.82, 2.24) is 0 Å². The molecule has 0 aliphatic heterocycles. The van der Waals surface area contributed by atoms with Crippen molar-refractivity contribution in [3.63, 3.8) is 0 Å². The molecule has 0 aromatic heterocycles. The summed E-state index contributed by atoms with van der Waals surface area (Å²) in [5, 5.41) is 9.52. The lowest BCUT2D eigenvalue weighted by Gasteiger charge is -2.23. The van der Waals surface area contributed by atoms with Gasteiger partial charge in [-0.1, -0.05) is 12.1 Å². The van der Waals surface area contributed by atoms with Gasteiger partial charge >= 0.3 is 5.97 Å². The topological polar surface area (TPSA) is 86.7 Å². The van der Waals surface area contributed by atoms with Gasteiger partial charge in [0.1, 0.15) is 0 Å². The number of carboxylic acid groups (broad SMARTS) is 1. The zero-order chi connectivity index (χ0) is 19.5. The Morgan fingerprint density at radius 1 is 1.08 bits per heavy atom. The molecule has 0 fully saturated rings. The highest BCUT2D eigenvalue weighted by Gasteiger charge is 2.20. The number of benzene rings is 2. The van der Waals surface area contributed by atoms with E-state index >= 15 is 0 Å². The summed E-state index contributed by atoms with van der Waals surface area (Å²) in [6.45, 7) is 8.73. The predicted molar refractivity (Wildman–Crippen MR) is 104 cm³/mol. The molecule has 0 saturated heterocycles. The van der Waals surface area contributed by atoms with Crippen LogP contribution in [0.15, 0.2) is 41.3 Å². The van der Waals surface area contributed by atoms with Gasteiger partial charge in [-0.2, -0.15) is 0 Å². The molecule has 0 atom stereocenters. The van der Waals surface area contributed by atoms with Gasteiger partial charge in [0.15, 0.2) is 0 Å². The summed E-state index contributed by atoms with van der Waals surface area (Å²) in [5.41, 5.74) is 2.31. The summed E-state index contributed by atoms with van der Waals surface area (Å²) in [6.07, 6.45) is 0. The van der Waals surface area contributed by atoms with E-state index in [1.165, 1.54) is 6.07 Å². The highest BCUT2D eigenvalue weighted by atomic mass is 32.2. The lowest BCUT2D eigenvalue weighted by atomic mass is 10.1. The fourth-order valence-electron chi connectivity index (χ4n) is 2.82. The van der Waals surface area contributed by atoms with Crippen LogP contribution in [0.5, 0.6) is 0 Å². The second-order valence-corrected chi connectivity index (χ2v) is 7.73. The van der Waals surface area contributed by atoms with Crippen LogP contribution in [0.4, 0.5) is 11.4 Å². The Kier molecular flexibility index (Phi) is 5.92. The van der Waals surface area contributed by atoms with Crippen LogP contribution in [0.25, 0.3) is 0 Å². The predicted octanol–water partition coefficient (Wildman–Crippen LogP) is 3.65. The maximum atomic E-state index is 12.7. The van der Waals surface area contributed by atoms with Crippen LogP contribution in [0.2, 0.25) is 0 Å². The van der Waals surface area contributed by atoms with Gasteiger partial charge in [0, 0.05) is 18.8 Å². The Morgan fingerprint density at radius 3 is 2.31 bits per heavy atom. The Labute approximate surface area is 154 Å². The zero-order valence-electron chi connectivity index (χ0n) is 15.4. The van der Waals surface area contributed by atoms with Crippen LogP contribution in [0, 0.1) is 13.8 Å². The second kappa shape index (κ2) is 7.78. The first-order valence-corrected chi connectivity index (χ1v) is 9.90. The third-order valence-corrected chi connectivity index (χ3v) is 5.74. The first kappa shape index (κ1) is 19.8.